The lowest BCUT2D eigenvalue weighted by molar-refractivity contribution is 0.102. The number of nitrogens with one attached hydrogen (secondary N) is 2. The number of benzene rings is 2. The summed E-state index contributed by atoms with van der Waals surface area (Å²) in [6, 6.07) is 13.8. The van der Waals surface area contributed by atoms with Crippen LogP contribution in [0.25, 0.3) is 11.0 Å². The third-order valence-electron chi connectivity index (χ3n) is 3.29. The molecule has 0 aliphatic carbocycles. The Kier molecular flexibility index (Phi) is 3.39. The molecule has 1 aromatic heterocycles. The normalized spacial score (nSPS) is 10.6. The van der Waals surface area contributed by atoms with E-state index in [1.807, 2.05) is 25.1 Å². The molecule has 0 aliphatic rings. The highest BCUT2D eigenvalue weighted by atomic mass is 16.4. The van der Waals surface area contributed by atoms with E-state index in [1.165, 1.54) is 12.1 Å². The Labute approximate surface area is 126 Å². The fourth-order valence-corrected chi connectivity index (χ4v) is 2.24. The third-order valence-corrected chi connectivity index (χ3v) is 3.29. The van der Waals surface area contributed by atoms with Gasteiger partial charge < -0.3 is 14.8 Å². The van der Waals surface area contributed by atoms with Crippen molar-refractivity contribution in [3.8, 4) is 5.75 Å². The van der Waals surface area contributed by atoms with Crippen LogP contribution in [-0.2, 0) is 0 Å². The number of rotatable bonds is 2. The van der Waals surface area contributed by atoms with Crippen LogP contribution in [0.5, 0.6) is 5.75 Å². The molecule has 0 bridgehead atoms. The Morgan fingerprint density at radius 2 is 1.95 bits per heavy atom. The van der Waals surface area contributed by atoms with Crippen molar-refractivity contribution in [2.45, 2.75) is 6.92 Å². The van der Waals surface area contributed by atoms with Gasteiger partial charge in [0.1, 0.15) is 5.56 Å². The number of phenolic OH excluding ortho intramolecular Hbond substituents is 1. The smallest absolute Gasteiger partial charge is 0.261 e. The van der Waals surface area contributed by atoms with Crippen LogP contribution in [0, 0.1) is 12.3 Å². The fourth-order valence-electron chi connectivity index (χ4n) is 2.24. The number of carbonyl (C=O) groups is 1. The topological polar surface area (TPSA) is 86.3 Å². The summed E-state index contributed by atoms with van der Waals surface area (Å²) in [6.45, 7) is 1.93. The van der Waals surface area contributed by atoms with Crippen LogP contribution < -0.4 is 10.9 Å². The summed E-state index contributed by atoms with van der Waals surface area (Å²) in [7, 11) is 0. The van der Waals surface area contributed by atoms with E-state index in [1.54, 1.807) is 18.2 Å². The highest BCUT2D eigenvalue weighted by Crippen LogP contribution is 2.23. The number of aryl methyl sites for hydroxylation is 1. The zero-order valence-electron chi connectivity index (χ0n) is 11.9. The van der Waals surface area contributed by atoms with Crippen LogP contribution in [0.15, 0.2) is 52.9 Å². The first kappa shape index (κ1) is 13.9. The molecule has 0 saturated heterocycles. The Morgan fingerprint density at radius 1 is 1.18 bits per heavy atom. The number of aromatic hydroxyl groups is 1. The molecule has 0 atom stereocenters. The summed E-state index contributed by atoms with van der Waals surface area (Å²) < 4.78 is 5.26. The summed E-state index contributed by atoms with van der Waals surface area (Å²) >= 11 is 0. The van der Waals surface area contributed by atoms with Crippen molar-refractivity contribution in [1.29, 1.82) is 5.41 Å². The highest BCUT2D eigenvalue weighted by Gasteiger charge is 2.13. The molecule has 0 spiro atoms. The molecular weight excluding hydrogens is 280 g/mol. The van der Waals surface area contributed by atoms with Gasteiger partial charge in [-0.1, -0.05) is 24.3 Å². The Hall–Kier alpha value is -3.08. The average Bonchev–Trinajstić information content (AvgIpc) is 2.47. The van der Waals surface area contributed by atoms with E-state index in [2.05, 4.69) is 5.32 Å². The highest BCUT2D eigenvalue weighted by molar-refractivity contribution is 6.05. The van der Waals surface area contributed by atoms with Gasteiger partial charge in [-0.05, 0) is 36.8 Å². The molecule has 1 amide bonds. The SMILES string of the molecule is Cc1cccc(NC(=O)c2cc3cccc(O)c3oc2=N)c1. The summed E-state index contributed by atoms with van der Waals surface area (Å²) in [5, 5.41) is 20.9. The third kappa shape index (κ3) is 2.56. The molecule has 3 rings (SSSR count). The molecule has 0 saturated carbocycles. The van der Waals surface area contributed by atoms with Crippen molar-refractivity contribution >= 4 is 22.6 Å². The molecule has 5 nitrogen and oxygen atoms in total. The second kappa shape index (κ2) is 5.37. The maximum atomic E-state index is 12.3. The van der Waals surface area contributed by atoms with Gasteiger partial charge in [-0.25, -0.2) is 0 Å². The van der Waals surface area contributed by atoms with E-state index >= 15 is 0 Å². The monoisotopic (exact) mass is 294 g/mol. The van der Waals surface area contributed by atoms with E-state index in [9.17, 15) is 9.90 Å². The predicted molar refractivity (Wildman–Crippen MR) is 82.9 cm³/mol. The Balaban J connectivity index is 2.01. The molecule has 0 radical (unpaired) electrons. The fraction of sp³-hybridized carbons (Fsp3) is 0.0588. The van der Waals surface area contributed by atoms with E-state index < -0.39 is 5.91 Å². The number of hydrogen-bond donors (Lipinski definition) is 3. The number of hydrogen-bond acceptors (Lipinski definition) is 4. The van der Waals surface area contributed by atoms with Gasteiger partial charge in [0.05, 0.1) is 0 Å². The maximum Gasteiger partial charge on any atom is 0.261 e. The lowest BCUT2D eigenvalue weighted by Gasteiger charge is -2.07. The zero-order valence-corrected chi connectivity index (χ0v) is 11.9. The first-order valence-electron chi connectivity index (χ1n) is 6.73. The Bertz CT molecular complexity index is 929. The second-order valence-electron chi connectivity index (χ2n) is 5.01. The number of carbonyl (C=O) groups excluding carboxylic acids is 1. The van der Waals surface area contributed by atoms with E-state index in [-0.39, 0.29) is 22.5 Å². The standard InChI is InChI=1S/C17H14N2O3/c1-10-4-2-6-12(8-10)19-17(21)13-9-11-5-3-7-14(20)15(11)22-16(13)18/h2-9,18,20H,1H3,(H,19,21). The summed E-state index contributed by atoms with van der Waals surface area (Å²) in [5.41, 5.74) is 1.69. The van der Waals surface area contributed by atoms with Crippen LogP contribution in [0.4, 0.5) is 5.69 Å². The largest absolute Gasteiger partial charge is 0.504 e. The summed E-state index contributed by atoms with van der Waals surface area (Å²) in [6.07, 6.45) is 0. The number of fused-ring (bicyclic) bond motifs is 1. The minimum absolute atomic E-state index is 0.0587. The van der Waals surface area contributed by atoms with E-state index in [4.69, 9.17) is 9.83 Å². The quantitative estimate of drug-likeness (QED) is 0.678. The van der Waals surface area contributed by atoms with Crippen LogP contribution in [0.2, 0.25) is 0 Å². The van der Waals surface area contributed by atoms with Crippen molar-refractivity contribution < 1.29 is 14.3 Å². The van der Waals surface area contributed by atoms with Crippen molar-refractivity contribution in [2.24, 2.45) is 0 Å². The molecule has 0 aliphatic heterocycles. The van der Waals surface area contributed by atoms with Crippen molar-refractivity contribution in [3.63, 3.8) is 0 Å². The molecule has 1 heterocycles. The van der Waals surface area contributed by atoms with E-state index in [0.29, 0.717) is 11.1 Å². The van der Waals surface area contributed by atoms with Gasteiger partial charge >= 0.3 is 0 Å². The van der Waals surface area contributed by atoms with Crippen LogP contribution in [0.3, 0.4) is 0 Å². The predicted octanol–water partition coefficient (Wildman–Crippen LogP) is 3.18. The molecule has 22 heavy (non-hydrogen) atoms. The molecule has 0 fully saturated rings. The van der Waals surface area contributed by atoms with Crippen LogP contribution in [0.1, 0.15) is 15.9 Å². The van der Waals surface area contributed by atoms with Gasteiger partial charge in [-0.2, -0.15) is 0 Å². The molecular formula is C17H14N2O3. The molecule has 110 valence electrons. The molecule has 3 aromatic rings. The lowest BCUT2D eigenvalue weighted by atomic mass is 10.1. The van der Waals surface area contributed by atoms with Gasteiger partial charge in [0, 0.05) is 11.1 Å². The van der Waals surface area contributed by atoms with Gasteiger partial charge in [-0.3, -0.25) is 10.2 Å². The molecule has 5 heteroatoms. The first-order valence-corrected chi connectivity index (χ1v) is 6.73. The van der Waals surface area contributed by atoms with Crippen molar-refractivity contribution in [2.75, 3.05) is 5.32 Å². The second-order valence-corrected chi connectivity index (χ2v) is 5.01. The molecule has 0 unspecified atom stereocenters. The minimum atomic E-state index is -0.426. The molecule has 2 aromatic carbocycles. The van der Waals surface area contributed by atoms with Crippen molar-refractivity contribution in [3.05, 3.63) is 65.2 Å². The number of amides is 1. The first-order chi connectivity index (χ1) is 10.5. The summed E-state index contributed by atoms with van der Waals surface area (Å²) in [4.78, 5) is 12.3. The van der Waals surface area contributed by atoms with Gasteiger partial charge in [0.15, 0.2) is 11.3 Å². The maximum absolute atomic E-state index is 12.3. The zero-order chi connectivity index (χ0) is 15.7. The minimum Gasteiger partial charge on any atom is -0.504 e. The van der Waals surface area contributed by atoms with Gasteiger partial charge in [-0.15, -0.1) is 0 Å². The van der Waals surface area contributed by atoms with Crippen LogP contribution in [-0.4, -0.2) is 11.0 Å². The lowest BCUT2D eigenvalue weighted by Crippen LogP contribution is -2.20. The van der Waals surface area contributed by atoms with Crippen LogP contribution >= 0.6 is 0 Å². The van der Waals surface area contributed by atoms with Gasteiger partial charge in [0.25, 0.3) is 5.91 Å². The number of anilines is 1. The van der Waals surface area contributed by atoms with Gasteiger partial charge in [0.2, 0.25) is 5.55 Å². The summed E-state index contributed by atoms with van der Waals surface area (Å²) in [5.74, 6) is -0.485. The van der Waals surface area contributed by atoms with Crippen molar-refractivity contribution in [1.82, 2.24) is 0 Å². The molecule has 3 N–H and O–H groups in total. The number of para-hydroxylation sites is 1. The average molecular weight is 294 g/mol. The number of phenols is 1. The van der Waals surface area contributed by atoms with E-state index in [0.717, 1.165) is 5.56 Å². The Morgan fingerprint density at radius 3 is 2.73 bits per heavy atom.